The number of hydrogen-bond acceptors (Lipinski definition) is 3. The quantitative estimate of drug-likeness (QED) is 0.239. The number of aromatic nitrogens is 4. The molecule has 7 rings (SSSR count). The molecule has 0 N–H and O–H groups in total. The van der Waals surface area contributed by atoms with Crippen molar-refractivity contribution < 1.29 is 0 Å². The Morgan fingerprint density at radius 2 is 0.974 bits per heavy atom. The normalized spacial score (nSPS) is 11.3. The summed E-state index contributed by atoms with van der Waals surface area (Å²) in [5.74, 6) is 1.73. The highest BCUT2D eigenvalue weighted by molar-refractivity contribution is 6.30. The van der Waals surface area contributed by atoms with Gasteiger partial charge in [-0.05, 0) is 41.5 Å². The summed E-state index contributed by atoms with van der Waals surface area (Å²) in [6.07, 6.45) is 0. The van der Waals surface area contributed by atoms with E-state index in [2.05, 4.69) is 65.2 Å². The SMILES string of the molecule is Clc1cccc(-c2nc(-c3cccc(-c4ccccc4)c3)nc(-n3c4ccccc4c4ccccc43)n2)c1. The predicted octanol–water partition coefficient (Wildman–Crippen LogP) is 8.62. The number of para-hydroxylation sites is 2. The van der Waals surface area contributed by atoms with E-state index >= 15 is 0 Å². The maximum absolute atomic E-state index is 6.36. The molecule has 0 saturated heterocycles. The van der Waals surface area contributed by atoms with E-state index in [-0.39, 0.29) is 0 Å². The molecule has 0 atom stereocenters. The lowest BCUT2D eigenvalue weighted by Gasteiger charge is -2.11. The highest BCUT2D eigenvalue weighted by Gasteiger charge is 2.17. The largest absolute Gasteiger partial charge is 0.278 e. The molecule has 5 heteroatoms. The molecule has 0 bridgehead atoms. The lowest BCUT2D eigenvalue weighted by molar-refractivity contribution is 0.953. The highest BCUT2D eigenvalue weighted by Crippen LogP contribution is 2.33. The van der Waals surface area contributed by atoms with Gasteiger partial charge >= 0.3 is 0 Å². The van der Waals surface area contributed by atoms with Crippen LogP contribution in [0.5, 0.6) is 0 Å². The molecule has 0 aliphatic rings. The fourth-order valence-corrected chi connectivity index (χ4v) is 5.15. The van der Waals surface area contributed by atoms with Crippen molar-refractivity contribution in [1.29, 1.82) is 0 Å². The first-order chi connectivity index (χ1) is 18.7. The molecular weight excluding hydrogens is 488 g/mol. The van der Waals surface area contributed by atoms with Crippen molar-refractivity contribution in [2.45, 2.75) is 0 Å². The van der Waals surface area contributed by atoms with Crippen molar-refractivity contribution >= 4 is 33.4 Å². The number of halogens is 1. The molecule has 2 aromatic heterocycles. The minimum Gasteiger partial charge on any atom is -0.278 e. The van der Waals surface area contributed by atoms with E-state index in [1.54, 1.807) is 0 Å². The molecule has 7 aromatic rings. The zero-order valence-corrected chi connectivity index (χ0v) is 21.0. The average molecular weight is 509 g/mol. The fourth-order valence-electron chi connectivity index (χ4n) is 4.96. The Hall–Kier alpha value is -4.80. The van der Waals surface area contributed by atoms with Crippen LogP contribution in [0.2, 0.25) is 5.02 Å². The van der Waals surface area contributed by atoms with Crippen LogP contribution in [0.3, 0.4) is 0 Å². The topological polar surface area (TPSA) is 43.6 Å². The third-order valence-electron chi connectivity index (χ3n) is 6.71. The standard InChI is InChI=1S/C33H21ClN4/c34-26-15-9-14-25(21-26)32-35-31(24-13-8-12-23(20-24)22-10-2-1-3-11-22)36-33(37-32)38-29-18-6-4-16-27(29)28-17-5-7-19-30(28)38/h1-21H. The molecular formula is C33H21ClN4. The molecule has 0 aliphatic heterocycles. The van der Waals surface area contributed by atoms with Gasteiger partial charge in [0.05, 0.1) is 11.0 Å². The molecule has 2 heterocycles. The Morgan fingerprint density at radius 3 is 1.63 bits per heavy atom. The second-order valence-electron chi connectivity index (χ2n) is 9.11. The highest BCUT2D eigenvalue weighted by atomic mass is 35.5. The van der Waals surface area contributed by atoms with E-state index in [1.165, 1.54) is 0 Å². The van der Waals surface area contributed by atoms with Gasteiger partial charge < -0.3 is 0 Å². The van der Waals surface area contributed by atoms with Crippen LogP contribution in [0.25, 0.3) is 61.7 Å². The zero-order valence-electron chi connectivity index (χ0n) is 20.3. The summed E-state index contributed by atoms with van der Waals surface area (Å²) >= 11 is 6.36. The lowest BCUT2D eigenvalue weighted by Crippen LogP contribution is -2.06. The Kier molecular flexibility index (Phi) is 5.46. The van der Waals surface area contributed by atoms with Gasteiger partial charge in [-0.1, -0.05) is 109 Å². The molecule has 5 aromatic carbocycles. The Labute approximate surface area is 224 Å². The molecule has 38 heavy (non-hydrogen) atoms. The molecule has 0 saturated carbocycles. The molecule has 0 radical (unpaired) electrons. The van der Waals surface area contributed by atoms with E-state index in [1.807, 2.05) is 66.7 Å². The van der Waals surface area contributed by atoms with Crippen molar-refractivity contribution in [3.05, 3.63) is 132 Å². The third-order valence-corrected chi connectivity index (χ3v) is 6.95. The Morgan fingerprint density at radius 1 is 0.447 bits per heavy atom. The molecule has 4 nitrogen and oxygen atoms in total. The third kappa shape index (κ3) is 3.92. The number of benzene rings is 5. The Balaban J connectivity index is 1.50. The van der Waals surface area contributed by atoms with Gasteiger partial charge in [-0.3, -0.25) is 4.57 Å². The first kappa shape index (κ1) is 22.4. The van der Waals surface area contributed by atoms with Crippen molar-refractivity contribution in [2.75, 3.05) is 0 Å². The minimum absolute atomic E-state index is 0.562. The van der Waals surface area contributed by atoms with Crippen LogP contribution >= 0.6 is 11.6 Å². The summed E-state index contributed by atoms with van der Waals surface area (Å²) in [6, 6.07) is 42.9. The second-order valence-corrected chi connectivity index (χ2v) is 9.55. The monoisotopic (exact) mass is 508 g/mol. The minimum atomic E-state index is 0.562. The first-order valence-corrected chi connectivity index (χ1v) is 12.8. The molecule has 0 fully saturated rings. The fraction of sp³-hybridized carbons (Fsp3) is 0. The zero-order chi connectivity index (χ0) is 25.5. The number of rotatable bonds is 4. The number of hydrogen-bond donors (Lipinski definition) is 0. The average Bonchev–Trinajstić information content (AvgIpc) is 3.32. The van der Waals surface area contributed by atoms with Crippen LogP contribution < -0.4 is 0 Å². The summed E-state index contributed by atoms with van der Waals surface area (Å²) in [4.78, 5) is 14.9. The number of nitrogens with zero attached hydrogens (tertiary/aromatic N) is 4. The molecule has 0 amide bonds. The van der Waals surface area contributed by atoms with E-state index in [0.717, 1.165) is 44.1 Å². The van der Waals surface area contributed by atoms with Crippen LogP contribution in [0, 0.1) is 0 Å². The van der Waals surface area contributed by atoms with Gasteiger partial charge in [-0.15, -0.1) is 0 Å². The van der Waals surface area contributed by atoms with Crippen LogP contribution in [0.15, 0.2) is 127 Å². The molecule has 0 aliphatic carbocycles. The summed E-state index contributed by atoms with van der Waals surface area (Å²) in [7, 11) is 0. The molecule has 180 valence electrons. The van der Waals surface area contributed by atoms with Gasteiger partial charge in [0.2, 0.25) is 5.95 Å². The van der Waals surface area contributed by atoms with Gasteiger partial charge in [0.15, 0.2) is 11.6 Å². The first-order valence-electron chi connectivity index (χ1n) is 12.4. The number of fused-ring (bicyclic) bond motifs is 3. The maximum atomic E-state index is 6.36. The van der Waals surface area contributed by atoms with E-state index in [4.69, 9.17) is 26.6 Å². The van der Waals surface area contributed by atoms with E-state index in [0.29, 0.717) is 22.6 Å². The van der Waals surface area contributed by atoms with Gasteiger partial charge in [-0.2, -0.15) is 9.97 Å². The molecule has 0 unspecified atom stereocenters. The summed E-state index contributed by atoms with van der Waals surface area (Å²) in [6.45, 7) is 0. The summed E-state index contributed by atoms with van der Waals surface area (Å²) < 4.78 is 2.12. The lowest BCUT2D eigenvalue weighted by atomic mass is 10.0. The van der Waals surface area contributed by atoms with Crippen molar-refractivity contribution in [3.63, 3.8) is 0 Å². The summed E-state index contributed by atoms with van der Waals surface area (Å²) in [5, 5.41) is 2.94. The molecule has 0 spiro atoms. The van der Waals surface area contributed by atoms with Crippen LogP contribution in [0.4, 0.5) is 0 Å². The van der Waals surface area contributed by atoms with Gasteiger partial charge in [0.1, 0.15) is 0 Å². The van der Waals surface area contributed by atoms with Crippen LogP contribution in [-0.2, 0) is 0 Å². The van der Waals surface area contributed by atoms with E-state index < -0.39 is 0 Å². The Bertz CT molecular complexity index is 1890. The van der Waals surface area contributed by atoms with Crippen LogP contribution in [0.1, 0.15) is 0 Å². The van der Waals surface area contributed by atoms with Gasteiger partial charge in [0, 0.05) is 26.9 Å². The smallest absolute Gasteiger partial charge is 0.238 e. The van der Waals surface area contributed by atoms with Crippen molar-refractivity contribution in [3.8, 4) is 39.9 Å². The van der Waals surface area contributed by atoms with Gasteiger partial charge in [0.25, 0.3) is 0 Å². The van der Waals surface area contributed by atoms with Crippen molar-refractivity contribution in [1.82, 2.24) is 19.5 Å². The predicted molar refractivity (Wildman–Crippen MR) is 155 cm³/mol. The van der Waals surface area contributed by atoms with Crippen molar-refractivity contribution in [2.24, 2.45) is 0 Å². The van der Waals surface area contributed by atoms with Crippen LogP contribution in [-0.4, -0.2) is 19.5 Å². The van der Waals surface area contributed by atoms with Gasteiger partial charge in [-0.25, -0.2) is 4.98 Å². The second kappa shape index (κ2) is 9.25. The summed E-state index contributed by atoms with van der Waals surface area (Å²) in [5.41, 5.74) is 6.08. The van der Waals surface area contributed by atoms with E-state index in [9.17, 15) is 0 Å². The maximum Gasteiger partial charge on any atom is 0.238 e.